The highest BCUT2D eigenvalue weighted by atomic mass is 32.1. The number of alkyl halides is 2. The van der Waals surface area contributed by atoms with Gasteiger partial charge in [-0.25, -0.2) is 8.78 Å². The van der Waals surface area contributed by atoms with Crippen molar-refractivity contribution in [3.8, 4) is 11.8 Å². The van der Waals surface area contributed by atoms with E-state index >= 15 is 0 Å². The lowest BCUT2D eigenvalue weighted by molar-refractivity contribution is -0.116. The molecule has 2 N–H and O–H groups in total. The lowest BCUT2D eigenvalue weighted by Gasteiger charge is -2.15. The zero-order valence-corrected chi connectivity index (χ0v) is 19.7. The summed E-state index contributed by atoms with van der Waals surface area (Å²) in [6.07, 6.45) is 1.22. The molecule has 1 aromatic carbocycles. The molecule has 0 atom stereocenters. The molecule has 34 heavy (non-hydrogen) atoms. The molecule has 1 aromatic heterocycles. The number of ether oxygens (including phenoxy) is 1. The number of thiazole rings is 1. The highest BCUT2D eigenvalue weighted by Crippen LogP contribution is 2.17. The van der Waals surface area contributed by atoms with Crippen molar-refractivity contribution in [1.82, 2.24) is 14.8 Å². The third kappa shape index (κ3) is 6.65. The summed E-state index contributed by atoms with van der Waals surface area (Å²) < 4.78 is 32.4. The number of anilines is 1. The first-order chi connectivity index (χ1) is 16.4. The van der Waals surface area contributed by atoms with Gasteiger partial charge in [0.2, 0.25) is 0 Å². The first-order valence-corrected chi connectivity index (χ1v) is 11.9. The normalized spacial score (nSPS) is 15.3. The molecule has 0 saturated carbocycles. The number of nitrogens with one attached hydrogen (secondary N) is 2. The van der Waals surface area contributed by atoms with E-state index in [4.69, 9.17) is 4.74 Å². The van der Waals surface area contributed by atoms with E-state index in [0.717, 1.165) is 31.0 Å². The van der Waals surface area contributed by atoms with Crippen LogP contribution in [-0.4, -0.2) is 54.6 Å². The molecule has 182 valence electrons. The molecular formula is C23H27F2N5O3S. The van der Waals surface area contributed by atoms with Gasteiger partial charge in [0.05, 0.1) is 6.54 Å². The Balaban J connectivity index is 1.78. The van der Waals surface area contributed by atoms with E-state index < -0.39 is 18.9 Å². The van der Waals surface area contributed by atoms with Crippen LogP contribution >= 0.6 is 11.3 Å². The molecule has 3 rings (SSSR count). The number of amides is 1. The van der Waals surface area contributed by atoms with Crippen molar-refractivity contribution in [2.75, 3.05) is 38.1 Å². The molecule has 1 amide bonds. The van der Waals surface area contributed by atoms with Crippen molar-refractivity contribution < 1.29 is 18.3 Å². The fourth-order valence-corrected chi connectivity index (χ4v) is 4.66. The summed E-state index contributed by atoms with van der Waals surface area (Å²) in [5.41, 5.74) is -0.0599. The van der Waals surface area contributed by atoms with Crippen LogP contribution in [0.5, 0.6) is 5.75 Å². The SMILES string of the molecule is CCn1c(=O)/c(=C\Nc2cccc(OCCN3CCCC3)c2)s/c1=C(/C#N)C(=O)NCC(F)F. The molecular weight excluding hydrogens is 464 g/mol. The Hall–Kier alpha value is -3.23. The second-order valence-corrected chi connectivity index (χ2v) is 8.65. The second kappa shape index (κ2) is 12.3. The molecule has 0 radical (unpaired) electrons. The first kappa shape index (κ1) is 25.4. The van der Waals surface area contributed by atoms with Crippen LogP contribution in [0.1, 0.15) is 19.8 Å². The molecule has 1 aliphatic heterocycles. The van der Waals surface area contributed by atoms with Gasteiger partial charge in [0, 0.05) is 31.0 Å². The van der Waals surface area contributed by atoms with Crippen molar-refractivity contribution in [3.05, 3.63) is 43.8 Å². The number of likely N-dealkylation sites (tertiary alicyclic amines) is 1. The number of rotatable bonds is 10. The van der Waals surface area contributed by atoms with E-state index in [1.54, 1.807) is 13.0 Å². The summed E-state index contributed by atoms with van der Waals surface area (Å²) in [6.45, 7) is 4.72. The van der Waals surface area contributed by atoms with Gasteiger partial charge >= 0.3 is 0 Å². The van der Waals surface area contributed by atoms with Gasteiger partial charge in [-0.2, -0.15) is 5.26 Å². The standard InChI is InChI=1S/C23H27F2N5O3S/c1-2-30-22(32)19(34-23(30)18(13-26)21(31)28-15-20(24)25)14-27-16-6-5-7-17(12-16)33-11-10-29-8-3-4-9-29/h5-7,12,14,20,27H,2-4,8-11,15H2,1H3,(H,28,31)/b19-14+,23-18-. The molecule has 0 bridgehead atoms. The Morgan fingerprint density at radius 1 is 1.35 bits per heavy atom. The van der Waals surface area contributed by atoms with Gasteiger partial charge in [-0.15, -0.1) is 11.3 Å². The third-order valence-electron chi connectivity index (χ3n) is 5.27. The fraction of sp³-hybridized carbons (Fsp3) is 0.435. The Labute approximate surface area is 199 Å². The maximum Gasteiger partial charge on any atom is 0.270 e. The average molecular weight is 492 g/mol. The van der Waals surface area contributed by atoms with Crippen LogP contribution in [-0.2, 0) is 11.3 Å². The Kier molecular flexibility index (Phi) is 9.18. The molecule has 8 nitrogen and oxygen atoms in total. The van der Waals surface area contributed by atoms with Crippen LogP contribution in [0.25, 0.3) is 11.8 Å². The fourth-order valence-electron chi connectivity index (χ4n) is 3.57. The number of halogens is 2. The zero-order valence-electron chi connectivity index (χ0n) is 18.9. The van der Waals surface area contributed by atoms with E-state index in [-0.39, 0.29) is 26.9 Å². The zero-order chi connectivity index (χ0) is 24.5. The van der Waals surface area contributed by atoms with Crippen LogP contribution in [0.3, 0.4) is 0 Å². The maximum absolute atomic E-state index is 12.8. The number of aromatic nitrogens is 1. The third-order valence-corrected chi connectivity index (χ3v) is 6.40. The van der Waals surface area contributed by atoms with Crippen molar-refractivity contribution >= 4 is 34.7 Å². The lowest BCUT2D eigenvalue weighted by Crippen LogP contribution is -2.35. The first-order valence-electron chi connectivity index (χ1n) is 11.0. The molecule has 1 aliphatic rings. The molecule has 0 unspecified atom stereocenters. The predicted octanol–water partition coefficient (Wildman–Crippen LogP) is 1.31. The summed E-state index contributed by atoms with van der Waals surface area (Å²) >= 11 is 0.945. The van der Waals surface area contributed by atoms with Gasteiger partial charge in [0.25, 0.3) is 17.9 Å². The van der Waals surface area contributed by atoms with Crippen LogP contribution in [0.4, 0.5) is 14.5 Å². The van der Waals surface area contributed by atoms with Crippen LogP contribution in [0, 0.1) is 11.3 Å². The minimum atomic E-state index is -2.74. The topological polar surface area (TPSA) is 99.4 Å². The quantitative estimate of drug-likeness (QED) is 0.520. The number of carbonyl (C=O) groups excluding carboxylic acids is 1. The van der Waals surface area contributed by atoms with Crippen molar-refractivity contribution in [2.45, 2.75) is 32.7 Å². The van der Waals surface area contributed by atoms with Crippen molar-refractivity contribution in [3.63, 3.8) is 0 Å². The molecule has 11 heteroatoms. The van der Waals surface area contributed by atoms with Crippen molar-refractivity contribution in [2.24, 2.45) is 0 Å². The molecule has 0 aliphatic carbocycles. The van der Waals surface area contributed by atoms with Gasteiger partial charge in [0.15, 0.2) is 5.57 Å². The molecule has 2 aromatic rings. The largest absolute Gasteiger partial charge is 0.492 e. The number of benzene rings is 1. The minimum absolute atomic E-state index is 0.119. The maximum atomic E-state index is 12.8. The lowest BCUT2D eigenvalue weighted by atomic mass is 10.3. The number of nitriles is 1. The van der Waals surface area contributed by atoms with Gasteiger partial charge in [0.1, 0.15) is 27.6 Å². The van der Waals surface area contributed by atoms with Crippen molar-refractivity contribution in [1.29, 1.82) is 5.26 Å². The van der Waals surface area contributed by atoms with E-state index in [1.807, 2.05) is 29.6 Å². The van der Waals surface area contributed by atoms with E-state index in [9.17, 15) is 23.6 Å². The smallest absolute Gasteiger partial charge is 0.270 e. The second-order valence-electron chi connectivity index (χ2n) is 7.62. The predicted molar refractivity (Wildman–Crippen MR) is 127 cm³/mol. The monoisotopic (exact) mass is 491 g/mol. The van der Waals surface area contributed by atoms with Gasteiger partial charge in [-0.3, -0.25) is 19.1 Å². The Bertz CT molecular complexity index is 1210. The van der Waals surface area contributed by atoms with E-state index in [2.05, 4.69) is 10.2 Å². The molecule has 1 fully saturated rings. The summed E-state index contributed by atoms with van der Waals surface area (Å²) in [4.78, 5) is 27.3. The Morgan fingerprint density at radius 3 is 2.79 bits per heavy atom. The highest BCUT2D eigenvalue weighted by Gasteiger charge is 2.16. The van der Waals surface area contributed by atoms with Crippen LogP contribution in [0.15, 0.2) is 29.1 Å². The van der Waals surface area contributed by atoms with Gasteiger partial charge < -0.3 is 15.4 Å². The highest BCUT2D eigenvalue weighted by molar-refractivity contribution is 7.07. The minimum Gasteiger partial charge on any atom is -0.492 e. The van der Waals surface area contributed by atoms with Gasteiger partial charge in [-0.05, 0) is 45.0 Å². The van der Waals surface area contributed by atoms with Gasteiger partial charge in [-0.1, -0.05) is 6.07 Å². The molecule has 2 heterocycles. The molecule has 0 spiro atoms. The summed E-state index contributed by atoms with van der Waals surface area (Å²) in [5, 5.41) is 14.5. The summed E-state index contributed by atoms with van der Waals surface area (Å²) in [5.74, 6) is -0.240. The number of carbonyl (C=O) groups is 1. The summed E-state index contributed by atoms with van der Waals surface area (Å²) in [6, 6.07) is 9.06. The number of nitrogens with zero attached hydrogens (tertiary/aromatic N) is 3. The van der Waals surface area contributed by atoms with Crippen LogP contribution < -0.4 is 30.1 Å². The number of hydrogen-bond acceptors (Lipinski definition) is 7. The van der Waals surface area contributed by atoms with Crippen LogP contribution in [0.2, 0.25) is 0 Å². The number of hydrogen-bond donors (Lipinski definition) is 2. The Morgan fingerprint density at radius 2 is 2.12 bits per heavy atom. The van der Waals surface area contributed by atoms with E-state index in [1.165, 1.54) is 23.6 Å². The molecule has 1 saturated heterocycles. The summed E-state index contributed by atoms with van der Waals surface area (Å²) in [7, 11) is 0. The average Bonchev–Trinajstić information content (AvgIpc) is 3.45. The van der Waals surface area contributed by atoms with E-state index in [0.29, 0.717) is 18.0 Å².